The van der Waals surface area contributed by atoms with Crippen molar-refractivity contribution in [2.24, 2.45) is 0 Å². The lowest BCUT2D eigenvalue weighted by Gasteiger charge is -2.09. The van der Waals surface area contributed by atoms with Gasteiger partial charge in [0.15, 0.2) is 5.78 Å². The van der Waals surface area contributed by atoms with Gasteiger partial charge in [0.1, 0.15) is 11.5 Å². The fourth-order valence-electron chi connectivity index (χ4n) is 1.73. The molecule has 0 spiro atoms. The molecule has 2 rings (SSSR count). The third-order valence-electron chi connectivity index (χ3n) is 2.67. The highest BCUT2D eigenvalue weighted by Crippen LogP contribution is 2.27. The van der Waals surface area contributed by atoms with Crippen LogP contribution in [0.1, 0.15) is 15.2 Å². The number of benzene rings is 1. The van der Waals surface area contributed by atoms with E-state index in [-0.39, 0.29) is 5.78 Å². The molecule has 1 aromatic heterocycles. The third kappa shape index (κ3) is 3.28. The number of halogens is 1. The number of ketones is 1. The summed E-state index contributed by atoms with van der Waals surface area (Å²) in [6.07, 6.45) is 0.306. The van der Waals surface area contributed by atoms with Crippen molar-refractivity contribution < 1.29 is 14.3 Å². The Balaban J connectivity index is 2.26. The number of ether oxygens (including phenoxy) is 2. The maximum Gasteiger partial charge on any atom is 0.171 e. The van der Waals surface area contributed by atoms with Crippen LogP contribution in [0.25, 0.3) is 0 Å². The average Bonchev–Trinajstić information content (AvgIpc) is 2.83. The fraction of sp³-hybridized carbons (Fsp3) is 0.214. The van der Waals surface area contributed by atoms with E-state index in [4.69, 9.17) is 21.1 Å². The Morgan fingerprint density at radius 1 is 1.21 bits per heavy atom. The highest BCUT2D eigenvalue weighted by molar-refractivity contribution is 7.16. The minimum atomic E-state index is -0.0192. The number of carbonyl (C=O) groups excluding carboxylic acids is 1. The molecular weight excluding hydrogens is 284 g/mol. The summed E-state index contributed by atoms with van der Waals surface area (Å²) >= 11 is 7.27. The zero-order valence-electron chi connectivity index (χ0n) is 10.6. The first kappa shape index (κ1) is 13.9. The molecule has 3 nitrogen and oxygen atoms in total. The van der Waals surface area contributed by atoms with Crippen LogP contribution >= 0.6 is 22.9 Å². The molecule has 2 aromatic rings. The van der Waals surface area contributed by atoms with E-state index in [1.54, 1.807) is 38.5 Å². The van der Waals surface area contributed by atoms with Gasteiger partial charge in [0, 0.05) is 11.3 Å². The van der Waals surface area contributed by atoms with Crippen LogP contribution in [0.4, 0.5) is 0 Å². The van der Waals surface area contributed by atoms with Crippen molar-refractivity contribution in [2.45, 2.75) is 6.42 Å². The van der Waals surface area contributed by atoms with Gasteiger partial charge in [-0.25, -0.2) is 0 Å². The van der Waals surface area contributed by atoms with Gasteiger partial charge in [-0.3, -0.25) is 4.79 Å². The normalized spacial score (nSPS) is 10.3. The average molecular weight is 297 g/mol. The standard InChI is InChI=1S/C14H13ClO3S/c1-17-9-3-5-13(18-2)11(7-9)12(16)8-10-4-6-14(15)19-10/h3-7H,8H2,1-2H3. The molecule has 0 atom stereocenters. The van der Waals surface area contributed by atoms with Crippen LogP contribution in [0.3, 0.4) is 0 Å². The number of hydrogen-bond donors (Lipinski definition) is 0. The van der Waals surface area contributed by atoms with Gasteiger partial charge in [-0.1, -0.05) is 11.6 Å². The predicted molar refractivity (Wildman–Crippen MR) is 76.9 cm³/mol. The van der Waals surface area contributed by atoms with Crippen LogP contribution in [0, 0.1) is 0 Å². The SMILES string of the molecule is COc1ccc(OC)c(C(=O)Cc2ccc(Cl)s2)c1. The number of hydrogen-bond acceptors (Lipinski definition) is 4. The summed E-state index contributed by atoms with van der Waals surface area (Å²) in [5, 5.41) is 0. The van der Waals surface area contributed by atoms with E-state index in [1.807, 2.05) is 6.07 Å². The third-order valence-corrected chi connectivity index (χ3v) is 3.90. The van der Waals surface area contributed by atoms with E-state index in [1.165, 1.54) is 11.3 Å². The van der Waals surface area contributed by atoms with Crippen molar-refractivity contribution in [3.05, 3.63) is 45.1 Å². The van der Waals surface area contributed by atoms with Crippen molar-refractivity contribution in [3.8, 4) is 11.5 Å². The quantitative estimate of drug-likeness (QED) is 0.786. The topological polar surface area (TPSA) is 35.5 Å². The van der Waals surface area contributed by atoms with Gasteiger partial charge < -0.3 is 9.47 Å². The smallest absolute Gasteiger partial charge is 0.171 e. The maximum absolute atomic E-state index is 12.3. The molecule has 0 aliphatic carbocycles. The van der Waals surface area contributed by atoms with Crippen molar-refractivity contribution in [1.29, 1.82) is 0 Å². The monoisotopic (exact) mass is 296 g/mol. The van der Waals surface area contributed by atoms with Gasteiger partial charge in [-0.05, 0) is 30.3 Å². The number of Topliss-reactive ketones (excluding diaryl/α,β-unsaturated/α-hetero) is 1. The first-order chi connectivity index (χ1) is 9.13. The van der Waals surface area contributed by atoms with E-state index in [0.29, 0.717) is 27.8 Å². The van der Waals surface area contributed by atoms with Crippen LogP contribution in [-0.2, 0) is 6.42 Å². The second-order valence-electron chi connectivity index (χ2n) is 3.87. The van der Waals surface area contributed by atoms with E-state index in [0.717, 1.165) is 4.88 Å². The van der Waals surface area contributed by atoms with E-state index in [9.17, 15) is 4.79 Å². The van der Waals surface area contributed by atoms with Gasteiger partial charge in [0.2, 0.25) is 0 Å². The molecule has 1 heterocycles. The number of rotatable bonds is 5. The molecule has 19 heavy (non-hydrogen) atoms. The van der Waals surface area contributed by atoms with Gasteiger partial charge in [-0.15, -0.1) is 11.3 Å². The lowest BCUT2D eigenvalue weighted by molar-refractivity contribution is 0.0990. The lowest BCUT2D eigenvalue weighted by Crippen LogP contribution is -2.05. The molecule has 0 aliphatic rings. The van der Waals surface area contributed by atoms with Crippen LogP contribution < -0.4 is 9.47 Å². The Labute approximate surface area is 120 Å². The molecule has 0 unspecified atom stereocenters. The highest BCUT2D eigenvalue weighted by Gasteiger charge is 2.15. The minimum absolute atomic E-state index is 0.0192. The first-order valence-corrected chi connectivity index (χ1v) is 6.83. The molecule has 0 amide bonds. The number of carbonyl (C=O) groups is 1. The molecular formula is C14H13ClO3S. The molecule has 0 fully saturated rings. The van der Waals surface area contributed by atoms with Crippen molar-refractivity contribution >= 4 is 28.7 Å². The Hall–Kier alpha value is -1.52. The summed E-state index contributed by atoms with van der Waals surface area (Å²) in [4.78, 5) is 13.2. The second-order valence-corrected chi connectivity index (χ2v) is 5.67. The molecule has 0 saturated carbocycles. The van der Waals surface area contributed by atoms with Crippen LogP contribution in [0.2, 0.25) is 4.34 Å². The molecule has 1 aromatic carbocycles. The summed E-state index contributed by atoms with van der Waals surface area (Å²) in [5.41, 5.74) is 0.520. The highest BCUT2D eigenvalue weighted by atomic mass is 35.5. The summed E-state index contributed by atoms with van der Waals surface area (Å²) < 4.78 is 11.0. The van der Waals surface area contributed by atoms with Crippen molar-refractivity contribution in [2.75, 3.05) is 14.2 Å². The second kappa shape index (κ2) is 6.08. The van der Waals surface area contributed by atoms with Crippen LogP contribution in [-0.4, -0.2) is 20.0 Å². The number of thiophene rings is 1. The van der Waals surface area contributed by atoms with Crippen molar-refractivity contribution in [1.82, 2.24) is 0 Å². The fourth-order valence-corrected chi connectivity index (χ4v) is 2.82. The van der Waals surface area contributed by atoms with Gasteiger partial charge in [0.25, 0.3) is 0 Å². The zero-order valence-corrected chi connectivity index (χ0v) is 12.2. The van der Waals surface area contributed by atoms with Gasteiger partial charge >= 0.3 is 0 Å². The summed E-state index contributed by atoms with van der Waals surface area (Å²) in [6.45, 7) is 0. The van der Waals surface area contributed by atoms with E-state index >= 15 is 0 Å². The molecule has 0 N–H and O–H groups in total. The Morgan fingerprint density at radius 3 is 2.58 bits per heavy atom. The Kier molecular flexibility index (Phi) is 4.45. The summed E-state index contributed by atoms with van der Waals surface area (Å²) in [7, 11) is 3.11. The zero-order chi connectivity index (χ0) is 13.8. The van der Waals surface area contributed by atoms with Crippen LogP contribution in [0.5, 0.6) is 11.5 Å². The molecule has 0 bridgehead atoms. The Bertz CT molecular complexity index is 592. The van der Waals surface area contributed by atoms with Gasteiger partial charge in [-0.2, -0.15) is 0 Å². The number of methoxy groups -OCH3 is 2. The van der Waals surface area contributed by atoms with E-state index in [2.05, 4.69) is 0 Å². The first-order valence-electron chi connectivity index (χ1n) is 5.63. The Morgan fingerprint density at radius 2 is 2.00 bits per heavy atom. The molecule has 100 valence electrons. The van der Waals surface area contributed by atoms with Gasteiger partial charge in [0.05, 0.1) is 24.1 Å². The molecule has 0 radical (unpaired) electrons. The van der Waals surface area contributed by atoms with Crippen LogP contribution in [0.15, 0.2) is 30.3 Å². The predicted octanol–water partition coefficient (Wildman–Crippen LogP) is 3.84. The molecule has 5 heteroatoms. The minimum Gasteiger partial charge on any atom is -0.497 e. The summed E-state index contributed by atoms with van der Waals surface area (Å²) in [5.74, 6) is 1.16. The summed E-state index contributed by atoms with van der Waals surface area (Å²) in [6, 6.07) is 8.83. The largest absolute Gasteiger partial charge is 0.497 e. The molecule has 0 saturated heterocycles. The lowest BCUT2D eigenvalue weighted by atomic mass is 10.1. The maximum atomic E-state index is 12.3. The molecule has 0 aliphatic heterocycles. The van der Waals surface area contributed by atoms with E-state index < -0.39 is 0 Å². The van der Waals surface area contributed by atoms with Crippen molar-refractivity contribution in [3.63, 3.8) is 0 Å².